The molecule has 1 amide bonds. The summed E-state index contributed by atoms with van der Waals surface area (Å²) in [6.07, 6.45) is 2.12. The molecule has 0 spiro atoms. The van der Waals surface area contributed by atoms with E-state index >= 15 is 0 Å². The number of carbonyl (C=O) groups is 1. The molecule has 6 heteroatoms. The molecule has 0 unspecified atom stereocenters. The third-order valence-electron chi connectivity index (χ3n) is 5.16. The normalized spacial score (nSPS) is 16.4. The van der Waals surface area contributed by atoms with Crippen molar-refractivity contribution in [1.29, 1.82) is 0 Å². The predicted octanol–water partition coefficient (Wildman–Crippen LogP) is 3.93. The Balaban J connectivity index is 1.59. The maximum Gasteiger partial charge on any atom is 0.255 e. The molecule has 2 aromatic carbocycles. The van der Waals surface area contributed by atoms with Crippen molar-refractivity contribution < 1.29 is 18.8 Å². The highest BCUT2D eigenvalue weighted by Crippen LogP contribution is 2.28. The van der Waals surface area contributed by atoms with Gasteiger partial charge in [-0.1, -0.05) is 29.4 Å². The average molecular weight is 380 g/mol. The van der Waals surface area contributed by atoms with Crippen LogP contribution in [-0.2, 0) is 11.3 Å². The lowest BCUT2D eigenvalue weighted by Crippen LogP contribution is -2.32. The van der Waals surface area contributed by atoms with Crippen LogP contribution in [0.2, 0.25) is 0 Å². The molecule has 1 aromatic heterocycles. The zero-order chi connectivity index (χ0) is 19.5. The topological polar surface area (TPSA) is 73.6 Å². The van der Waals surface area contributed by atoms with E-state index in [0.29, 0.717) is 24.5 Å². The van der Waals surface area contributed by atoms with Gasteiger partial charge >= 0.3 is 0 Å². The summed E-state index contributed by atoms with van der Waals surface area (Å²) in [6, 6.07) is 11.7. The Morgan fingerprint density at radius 1 is 1.25 bits per heavy atom. The smallest absolute Gasteiger partial charge is 0.255 e. The number of amides is 1. The maximum absolute atomic E-state index is 12.9. The van der Waals surface area contributed by atoms with Crippen LogP contribution in [0.15, 0.2) is 40.9 Å². The Morgan fingerprint density at radius 3 is 2.71 bits per heavy atom. The van der Waals surface area contributed by atoms with Crippen LogP contribution in [0.3, 0.4) is 0 Å². The minimum absolute atomic E-state index is 0.0936. The lowest BCUT2D eigenvalue weighted by atomic mass is 10.0. The average Bonchev–Trinajstić information content (AvgIpc) is 3.34. The van der Waals surface area contributed by atoms with Crippen molar-refractivity contribution in [3.05, 3.63) is 59.0 Å². The minimum Gasteiger partial charge on any atom is -0.488 e. The number of benzene rings is 2. The van der Waals surface area contributed by atoms with E-state index in [1.165, 1.54) is 0 Å². The molecule has 0 saturated carbocycles. The minimum atomic E-state index is -0.157. The summed E-state index contributed by atoms with van der Waals surface area (Å²) in [5.41, 5.74) is 2.21. The number of aryl methyl sites for hydroxylation is 2. The zero-order valence-electron chi connectivity index (χ0n) is 16.2. The number of nitrogens with zero attached hydrogens (tertiary/aromatic N) is 1. The Bertz CT molecular complexity index is 970. The van der Waals surface area contributed by atoms with Crippen molar-refractivity contribution in [2.75, 3.05) is 13.2 Å². The standard InChI is InChI=1S/C22H24N2O4/c1-14-20(15(2)28-24-14)13-27-21-11-17-7-4-3-6-16(17)10-19(21)22(25)23-12-18-8-5-9-26-18/h3-4,6-7,10-11,18H,5,8-9,12-13H2,1-2H3,(H,23,25)/t18-/m0/s1. The van der Waals surface area contributed by atoms with E-state index in [4.69, 9.17) is 14.0 Å². The number of fused-ring (bicyclic) bond motifs is 1. The number of aromatic nitrogens is 1. The number of nitrogens with one attached hydrogen (secondary N) is 1. The third kappa shape index (κ3) is 3.87. The van der Waals surface area contributed by atoms with Gasteiger partial charge in [0.1, 0.15) is 18.1 Å². The van der Waals surface area contributed by atoms with Crippen LogP contribution in [0, 0.1) is 13.8 Å². The molecular formula is C22H24N2O4. The van der Waals surface area contributed by atoms with Gasteiger partial charge in [-0.3, -0.25) is 4.79 Å². The van der Waals surface area contributed by atoms with Crippen molar-refractivity contribution in [3.63, 3.8) is 0 Å². The summed E-state index contributed by atoms with van der Waals surface area (Å²) in [5.74, 6) is 1.11. The second-order valence-electron chi connectivity index (χ2n) is 7.13. The molecule has 1 aliphatic rings. The third-order valence-corrected chi connectivity index (χ3v) is 5.16. The van der Waals surface area contributed by atoms with E-state index in [1.807, 2.05) is 50.2 Å². The van der Waals surface area contributed by atoms with Crippen molar-refractivity contribution in [1.82, 2.24) is 10.5 Å². The molecule has 3 aromatic rings. The highest BCUT2D eigenvalue weighted by atomic mass is 16.5. The molecule has 0 aliphatic carbocycles. The number of hydrogen-bond donors (Lipinski definition) is 1. The van der Waals surface area contributed by atoms with Gasteiger partial charge in [0, 0.05) is 13.2 Å². The van der Waals surface area contributed by atoms with E-state index in [9.17, 15) is 4.79 Å². The quantitative estimate of drug-likeness (QED) is 0.701. The Kier molecular flexibility index (Phi) is 5.30. The summed E-state index contributed by atoms with van der Waals surface area (Å²) >= 11 is 0. The molecule has 1 saturated heterocycles. The van der Waals surface area contributed by atoms with E-state index in [-0.39, 0.29) is 12.0 Å². The maximum atomic E-state index is 12.9. The molecule has 28 heavy (non-hydrogen) atoms. The number of hydrogen-bond acceptors (Lipinski definition) is 5. The first kappa shape index (κ1) is 18.5. The number of ether oxygens (including phenoxy) is 2. The van der Waals surface area contributed by atoms with Gasteiger partial charge in [-0.15, -0.1) is 0 Å². The molecular weight excluding hydrogens is 356 g/mol. The van der Waals surface area contributed by atoms with Crippen molar-refractivity contribution >= 4 is 16.7 Å². The van der Waals surface area contributed by atoms with Gasteiger partial charge in [-0.25, -0.2) is 0 Å². The monoisotopic (exact) mass is 380 g/mol. The molecule has 2 heterocycles. The fourth-order valence-corrected chi connectivity index (χ4v) is 3.48. The molecule has 6 nitrogen and oxygen atoms in total. The van der Waals surface area contributed by atoms with Crippen LogP contribution in [0.5, 0.6) is 5.75 Å². The van der Waals surface area contributed by atoms with Crippen molar-refractivity contribution in [3.8, 4) is 5.75 Å². The number of carbonyl (C=O) groups excluding carboxylic acids is 1. The van der Waals surface area contributed by atoms with Gasteiger partial charge in [-0.2, -0.15) is 0 Å². The zero-order valence-corrected chi connectivity index (χ0v) is 16.2. The summed E-state index contributed by atoms with van der Waals surface area (Å²) in [6.45, 7) is 5.31. The SMILES string of the molecule is Cc1noc(C)c1COc1cc2ccccc2cc1C(=O)NC[C@@H]1CCCO1. The fraction of sp³-hybridized carbons (Fsp3) is 0.364. The van der Waals surface area contributed by atoms with E-state index in [2.05, 4.69) is 10.5 Å². The first-order chi connectivity index (χ1) is 13.6. The van der Waals surface area contributed by atoms with Crippen LogP contribution in [0.1, 0.15) is 40.2 Å². The van der Waals surface area contributed by atoms with Gasteiger partial charge in [0.2, 0.25) is 0 Å². The Hall–Kier alpha value is -2.86. The fourth-order valence-electron chi connectivity index (χ4n) is 3.48. The van der Waals surface area contributed by atoms with Crippen LogP contribution in [0.25, 0.3) is 10.8 Å². The highest BCUT2D eigenvalue weighted by molar-refractivity contribution is 6.01. The van der Waals surface area contributed by atoms with Crippen molar-refractivity contribution in [2.24, 2.45) is 0 Å². The molecule has 146 valence electrons. The molecule has 1 atom stereocenters. The molecule has 0 bridgehead atoms. The lowest BCUT2D eigenvalue weighted by molar-refractivity contribution is 0.0854. The van der Waals surface area contributed by atoms with E-state index in [1.54, 1.807) is 0 Å². The summed E-state index contributed by atoms with van der Waals surface area (Å²) < 4.78 is 16.9. The Morgan fingerprint density at radius 2 is 2.04 bits per heavy atom. The lowest BCUT2D eigenvalue weighted by Gasteiger charge is -2.15. The van der Waals surface area contributed by atoms with E-state index in [0.717, 1.165) is 47.2 Å². The van der Waals surface area contributed by atoms with Crippen LogP contribution in [-0.4, -0.2) is 30.3 Å². The van der Waals surface area contributed by atoms with E-state index < -0.39 is 0 Å². The van der Waals surface area contributed by atoms with Crippen LogP contribution < -0.4 is 10.1 Å². The second kappa shape index (κ2) is 8.02. The van der Waals surface area contributed by atoms with Crippen molar-refractivity contribution in [2.45, 2.75) is 39.4 Å². The molecule has 0 radical (unpaired) electrons. The predicted molar refractivity (Wildman–Crippen MR) is 106 cm³/mol. The van der Waals surface area contributed by atoms with Gasteiger partial charge in [0.15, 0.2) is 0 Å². The van der Waals surface area contributed by atoms with Gasteiger partial charge in [-0.05, 0) is 49.6 Å². The first-order valence-electron chi connectivity index (χ1n) is 9.59. The molecule has 1 N–H and O–H groups in total. The Labute approximate surface area is 163 Å². The molecule has 1 fully saturated rings. The number of rotatable bonds is 6. The van der Waals surface area contributed by atoms with Crippen LogP contribution >= 0.6 is 0 Å². The summed E-state index contributed by atoms with van der Waals surface area (Å²) in [5, 5.41) is 8.96. The van der Waals surface area contributed by atoms with Gasteiger partial charge in [0.25, 0.3) is 5.91 Å². The summed E-state index contributed by atoms with van der Waals surface area (Å²) in [4.78, 5) is 12.9. The largest absolute Gasteiger partial charge is 0.488 e. The second-order valence-corrected chi connectivity index (χ2v) is 7.13. The molecule has 1 aliphatic heterocycles. The summed E-state index contributed by atoms with van der Waals surface area (Å²) in [7, 11) is 0. The van der Waals surface area contributed by atoms with Gasteiger partial charge < -0.3 is 19.3 Å². The first-order valence-corrected chi connectivity index (χ1v) is 9.59. The highest BCUT2D eigenvalue weighted by Gasteiger charge is 2.20. The molecule has 4 rings (SSSR count). The van der Waals surface area contributed by atoms with Gasteiger partial charge in [0.05, 0.1) is 22.9 Å². The van der Waals surface area contributed by atoms with Crippen LogP contribution in [0.4, 0.5) is 0 Å².